The quantitative estimate of drug-likeness (QED) is 0.547. The van der Waals surface area contributed by atoms with Crippen LogP contribution in [0.4, 0.5) is 13.2 Å². The molecule has 0 saturated carbocycles. The Balaban J connectivity index is 2.13. The second-order valence-electron chi connectivity index (χ2n) is 5.00. The maximum absolute atomic E-state index is 13.3. The third-order valence-electron chi connectivity index (χ3n) is 3.63. The predicted molar refractivity (Wildman–Crippen MR) is 78.6 cm³/mol. The summed E-state index contributed by atoms with van der Waals surface area (Å²) in [6.45, 7) is 2.08. The van der Waals surface area contributed by atoms with Gasteiger partial charge in [0.05, 0.1) is 0 Å². The first-order chi connectivity index (χ1) is 10.1. The lowest BCUT2D eigenvalue weighted by molar-refractivity contribution is 0.448. The molecular formula is C18H13F3. The normalized spacial score (nSPS) is 11.0. The Morgan fingerprint density at radius 3 is 2.00 bits per heavy atom. The van der Waals surface area contributed by atoms with Crippen LogP contribution < -0.4 is 0 Å². The zero-order chi connectivity index (χ0) is 15.0. The van der Waals surface area contributed by atoms with Crippen molar-refractivity contribution in [1.29, 1.82) is 0 Å². The van der Waals surface area contributed by atoms with Crippen LogP contribution in [-0.4, -0.2) is 0 Å². The smallest absolute Gasteiger partial charge is 0.194 e. The fourth-order valence-electron chi connectivity index (χ4n) is 2.42. The molecule has 0 unspecified atom stereocenters. The Hall–Kier alpha value is -2.29. The lowest BCUT2D eigenvalue weighted by Crippen LogP contribution is -1.92. The summed E-state index contributed by atoms with van der Waals surface area (Å²) in [6, 6.07) is 13.7. The van der Waals surface area contributed by atoms with E-state index < -0.39 is 17.5 Å². The van der Waals surface area contributed by atoms with E-state index in [-0.39, 0.29) is 0 Å². The summed E-state index contributed by atoms with van der Waals surface area (Å²) in [7, 11) is 0. The average molecular weight is 286 g/mol. The third-order valence-corrected chi connectivity index (χ3v) is 3.63. The van der Waals surface area contributed by atoms with Crippen molar-refractivity contribution in [3.05, 3.63) is 71.5 Å². The van der Waals surface area contributed by atoms with E-state index in [1.54, 1.807) is 6.07 Å². The van der Waals surface area contributed by atoms with Gasteiger partial charge in [0, 0.05) is 0 Å². The van der Waals surface area contributed by atoms with Crippen molar-refractivity contribution in [2.45, 2.75) is 13.3 Å². The highest BCUT2D eigenvalue weighted by Crippen LogP contribution is 2.27. The molecule has 106 valence electrons. The SMILES string of the molecule is CCc1ccc2cc(-c3cc(F)c(F)c(F)c3)ccc2c1. The summed E-state index contributed by atoms with van der Waals surface area (Å²) in [4.78, 5) is 0. The van der Waals surface area contributed by atoms with E-state index in [2.05, 4.69) is 13.0 Å². The molecule has 0 radical (unpaired) electrons. The van der Waals surface area contributed by atoms with Gasteiger partial charge in [-0.3, -0.25) is 0 Å². The zero-order valence-electron chi connectivity index (χ0n) is 11.5. The van der Waals surface area contributed by atoms with Crippen molar-refractivity contribution in [3.8, 4) is 11.1 Å². The van der Waals surface area contributed by atoms with Crippen molar-refractivity contribution in [2.24, 2.45) is 0 Å². The summed E-state index contributed by atoms with van der Waals surface area (Å²) >= 11 is 0. The molecule has 0 aliphatic heterocycles. The van der Waals surface area contributed by atoms with Gasteiger partial charge < -0.3 is 0 Å². The second kappa shape index (κ2) is 5.24. The standard InChI is InChI=1S/C18H13F3/c1-2-11-3-4-13-8-14(6-5-12(13)7-11)15-9-16(19)18(21)17(20)10-15/h3-10H,2H2,1H3. The summed E-state index contributed by atoms with van der Waals surface area (Å²) in [6.07, 6.45) is 0.950. The Bertz CT molecular complexity index is 799. The molecule has 0 fully saturated rings. The molecule has 0 nitrogen and oxygen atoms in total. The van der Waals surface area contributed by atoms with Gasteiger partial charge in [0.15, 0.2) is 17.5 Å². The summed E-state index contributed by atoms with van der Waals surface area (Å²) in [5.41, 5.74) is 2.21. The molecule has 3 rings (SSSR count). The minimum Gasteiger partial charge on any atom is -0.204 e. The van der Waals surface area contributed by atoms with Crippen molar-refractivity contribution in [3.63, 3.8) is 0 Å². The van der Waals surface area contributed by atoms with Gasteiger partial charge in [0.25, 0.3) is 0 Å². The summed E-state index contributed by atoms with van der Waals surface area (Å²) in [5.74, 6) is -3.79. The topological polar surface area (TPSA) is 0 Å². The maximum atomic E-state index is 13.3. The first kappa shape index (κ1) is 13.7. The predicted octanol–water partition coefficient (Wildman–Crippen LogP) is 5.49. The van der Waals surface area contributed by atoms with Crippen LogP contribution >= 0.6 is 0 Å². The molecule has 0 aliphatic carbocycles. The van der Waals surface area contributed by atoms with Crippen LogP contribution in [0.15, 0.2) is 48.5 Å². The summed E-state index contributed by atoms with van der Waals surface area (Å²) < 4.78 is 39.7. The van der Waals surface area contributed by atoms with Crippen molar-refractivity contribution in [2.75, 3.05) is 0 Å². The van der Waals surface area contributed by atoms with Crippen LogP contribution in [0, 0.1) is 17.5 Å². The molecule has 0 amide bonds. The number of hydrogen-bond donors (Lipinski definition) is 0. The van der Waals surface area contributed by atoms with E-state index in [1.807, 2.05) is 24.3 Å². The molecule has 0 aliphatic rings. The highest BCUT2D eigenvalue weighted by molar-refractivity contribution is 5.87. The Kier molecular flexibility index (Phi) is 3.42. The van der Waals surface area contributed by atoms with Crippen LogP contribution in [-0.2, 0) is 6.42 Å². The van der Waals surface area contributed by atoms with E-state index in [4.69, 9.17) is 0 Å². The first-order valence-corrected chi connectivity index (χ1v) is 6.76. The lowest BCUT2D eigenvalue weighted by Gasteiger charge is -2.07. The number of benzene rings is 3. The molecule has 0 heterocycles. The van der Waals surface area contributed by atoms with E-state index in [0.717, 1.165) is 29.3 Å². The highest BCUT2D eigenvalue weighted by atomic mass is 19.2. The number of hydrogen-bond acceptors (Lipinski definition) is 0. The molecule has 0 N–H and O–H groups in total. The second-order valence-corrected chi connectivity index (χ2v) is 5.00. The van der Waals surface area contributed by atoms with Gasteiger partial charge >= 0.3 is 0 Å². The monoisotopic (exact) mass is 286 g/mol. The van der Waals surface area contributed by atoms with Crippen molar-refractivity contribution < 1.29 is 13.2 Å². The Morgan fingerprint density at radius 2 is 1.33 bits per heavy atom. The number of halogens is 3. The maximum Gasteiger partial charge on any atom is 0.194 e. The molecule has 3 heteroatoms. The van der Waals surface area contributed by atoms with E-state index >= 15 is 0 Å². The molecule has 0 bridgehead atoms. The van der Waals surface area contributed by atoms with Gasteiger partial charge in [0.2, 0.25) is 0 Å². The molecule has 21 heavy (non-hydrogen) atoms. The molecular weight excluding hydrogens is 273 g/mol. The summed E-state index contributed by atoms with van der Waals surface area (Å²) in [5, 5.41) is 2.05. The minimum absolute atomic E-state index is 0.327. The van der Waals surface area contributed by atoms with Crippen molar-refractivity contribution >= 4 is 10.8 Å². The van der Waals surface area contributed by atoms with Gasteiger partial charge in [-0.1, -0.05) is 37.3 Å². The zero-order valence-corrected chi connectivity index (χ0v) is 11.5. The van der Waals surface area contributed by atoms with Crippen LogP contribution in [0.1, 0.15) is 12.5 Å². The lowest BCUT2D eigenvalue weighted by atomic mass is 9.99. The molecule has 0 spiro atoms. The molecule has 0 atom stereocenters. The molecule has 0 aromatic heterocycles. The fraction of sp³-hybridized carbons (Fsp3) is 0.111. The molecule has 0 saturated heterocycles. The van der Waals surface area contributed by atoms with Gasteiger partial charge in [-0.05, 0) is 52.1 Å². The van der Waals surface area contributed by atoms with Crippen LogP contribution in [0.3, 0.4) is 0 Å². The van der Waals surface area contributed by atoms with Crippen molar-refractivity contribution in [1.82, 2.24) is 0 Å². The Labute approximate surface area is 120 Å². The molecule has 3 aromatic carbocycles. The van der Waals surface area contributed by atoms with E-state index in [0.29, 0.717) is 11.1 Å². The van der Waals surface area contributed by atoms with E-state index in [1.165, 1.54) is 5.56 Å². The fourth-order valence-corrected chi connectivity index (χ4v) is 2.42. The van der Waals surface area contributed by atoms with E-state index in [9.17, 15) is 13.2 Å². The first-order valence-electron chi connectivity index (χ1n) is 6.76. The van der Waals surface area contributed by atoms with Gasteiger partial charge in [0.1, 0.15) is 0 Å². The Morgan fingerprint density at radius 1 is 0.714 bits per heavy atom. The largest absolute Gasteiger partial charge is 0.204 e. The van der Waals surface area contributed by atoms with Gasteiger partial charge in [-0.15, -0.1) is 0 Å². The number of aryl methyl sites for hydroxylation is 1. The van der Waals surface area contributed by atoms with Gasteiger partial charge in [-0.25, -0.2) is 13.2 Å². The average Bonchev–Trinajstić information content (AvgIpc) is 2.51. The number of fused-ring (bicyclic) bond motifs is 1. The minimum atomic E-state index is -1.44. The number of rotatable bonds is 2. The molecule has 3 aromatic rings. The van der Waals surface area contributed by atoms with Crippen LogP contribution in [0.2, 0.25) is 0 Å². The third kappa shape index (κ3) is 2.51. The van der Waals surface area contributed by atoms with Crippen LogP contribution in [0.25, 0.3) is 21.9 Å². The van der Waals surface area contributed by atoms with Gasteiger partial charge in [-0.2, -0.15) is 0 Å². The highest BCUT2D eigenvalue weighted by Gasteiger charge is 2.11. The van der Waals surface area contributed by atoms with Crippen LogP contribution in [0.5, 0.6) is 0 Å².